The molecule has 1 heterocycles. The van der Waals surface area contributed by atoms with Crippen molar-refractivity contribution >= 4 is 15.7 Å². The van der Waals surface area contributed by atoms with Crippen molar-refractivity contribution in [3.8, 4) is 11.8 Å². The Morgan fingerprint density at radius 1 is 1.59 bits per heavy atom. The van der Waals surface area contributed by atoms with E-state index in [0.29, 0.717) is 24.3 Å². The number of rotatable bonds is 5. The summed E-state index contributed by atoms with van der Waals surface area (Å²) in [6.45, 7) is 0. The Morgan fingerprint density at radius 2 is 2.27 bits per heavy atom. The minimum atomic E-state index is -3.55. The number of halogens is 1. The molecule has 22 heavy (non-hydrogen) atoms. The summed E-state index contributed by atoms with van der Waals surface area (Å²) in [7, 11) is -3.55. The van der Waals surface area contributed by atoms with Crippen LogP contribution in [0.1, 0.15) is 30.7 Å². The van der Waals surface area contributed by atoms with Crippen molar-refractivity contribution in [3.63, 3.8) is 0 Å². The molecule has 8 heteroatoms. The summed E-state index contributed by atoms with van der Waals surface area (Å²) in [6.07, 6.45) is 1.39. The zero-order valence-electron chi connectivity index (χ0n) is 12.1. The van der Waals surface area contributed by atoms with Gasteiger partial charge in [0.1, 0.15) is 11.4 Å². The Hall–Kier alpha value is -1.88. The number of primary amides is 1. The van der Waals surface area contributed by atoms with Gasteiger partial charge in [-0.05, 0) is 31.6 Å². The summed E-state index contributed by atoms with van der Waals surface area (Å²) in [4.78, 5) is 11.2. The molecular weight excluding hydrogens is 311 g/mol. The van der Waals surface area contributed by atoms with Gasteiger partial charge in [0, 0.05) is 18.2 Å². The predicted molar refractivity (Wildman–Crippen MR) is 77.1 cm³/mol. The van der Waals surface area contributed by atoms with Crippen molar-refractivity contribution in [2.75, 3.05) is 6.26 Å². The van der Waals surface area contributed by atoms with Crippen LogP contribution < -0.4 is 5.73 Å². The molecule has 1 aromatic rings. The number of alkyl halides is 1. The second-order valence-electron chi connectivity index (χ2n) is 5.48. The first-order chi connectivity index (χ1) is 10.3. The summed E-state index contributed by atoms with van der Waals surface area (Å²) in [5.41, 5.74) is 5.59. The summed E-state index contributed by atoms with van der Waals surface area (Å²) in [6, 6.07) is 1.58. The molecule has 1 aliphatic rings. The molecule has 0 spiro atoms. The highest BCUT2D eigenvalue weighted by molar-refractivity contribution is 7.92. The van der Waals surface area contributed by atoms with E-state index in [1.807, 2.05) is 0 Å². The molecule has 0 aromatic carbocycles. The Morgan fingerprint density at radius 3 is 2.82 bits per heavy atom. The van der Waals surface area contributed by atoms with Crippen molar-refractivity contribution in [1.82, 2.24) is 5.16 Å². The van der Waals surface area contributed by atoms with E-state index in [9.17, 15) is 17.6 Å². The van der Waals surface area contributed by atoms with Crippen LogP contribution in [0.15, 0.2) is 10.6 Å². The third-order valence-corrected chi connectivity index (χ3v) is 5.04. The van der Waals surface area contributed by atoms with Gasteiger partial charge in [0.2, 0.25) is 11.7 Å². The number of nitrogens with zero attached hydrogens (tertiary/aromatic N) is 1. The highest BCUT2D eigenvalue weighted by atomic mass is 32.2. The van der Waals surface area contributed by atoms with Gasteiger partial charge in [-0.25, -0.2) is 12.8 Å². The first-order valence-electron chi connectivity index (χ1n) is 6.85. The molecule has 0 aliphatic heterocycles. The molecule has 2 rings (SSSR count). The fourth-order valence-electron chi connectivity index (χ4n) is 2.17. The van der Waals surface area contributed by atoms with Crippen LogP contribution >= 0.6 is 0 Å². The van der Waals surface area contributed by atoms with E-state index in [-0.39, 0.29) is 18.8 Å². The largest absolute Gasteiger partial charge is 0.369 e. The monoisotopic (exact) mass is 328 g/mol. The molecule has 2 N–H and O–H groups in total. The number of nitrogens with two attached hydrogens (primary N) is 1. The van der Waals surface area contributed by atoms with E-state index in [0.717, 1.165) is 6.26 Å². The summed E-state index contributed by atoms with van der Waals surface area (Å²) in [5.74, 6) is 5.18. The normalized spacial score (nSPS) is 22.3. The molecule has 1 saturated carbocycles. The lowest BCUT2D eigenvalue weighted by molar-refractivity contribution is -0.117. The van der Waals surface area contributed by atoms with Gasteiger partial charge < -0.3 is 10.3 Å². The van der Waals surface area contributed by atoms with Crippen molar-refractivity contribution in [2.45, 2.75) is 37.1 Å². The standard InChI is InChI=1S/C14H17FN2O4S/c1-22(19,20)13(14(16)18)5-3-11-8-12(21-17-11)4-2-9-6-10(15)7-9/h8-10,13H,3,5-7H2,1H3,(H2,16,18). The molecule has 1 aliphatic carbocycles. The van der Waals surface area contributed by atoms with Gasteiger partial charge in [-0.15, -0.1) is 0 Å². The minimum absolute atomic E-state index is 0.0414. The van der Waals surface area contributed by atoms with Gasteiger partial charge in [-0.1, -0.05) is 11.1 Å². The van der Waals surface area contributed by atoms with Crippen molar-refractivity contribution in [3.05, 3.63) is 17.5 Å². The Kier molecular flexibility index (Phi) is 4.86. The van der Waals surface area contributed by atoms with Gasteiger partial charge in [0.15, 0.2) is 9.84 Å². The fraction of sp³-hybridized carbons (Fsp3) is 0.571. The second kappa shape index (κ2) is 6.48. The van der Waals surface area contributed by atoms with Crippen LogP contribution in [0.2, 0.25) is 0 Å². The van der Waals surface area contributed by atoms with Crippen molar-refractivity contribution in [2.24, 2.45) is 11.7 Å². The average Bonchev–Trinajstić information content (AvgIpc) is 2.79. The van der Waals surface area contributed by atoms with Crippen LogP contribution in [0, 0.1) is 17.8 Å². The summed E-state index contributed by atoms with van der Waals surface area (Å²) >= 11 is 0. The third-order valence-electron chi connectivity index (χ3n) is 3.54. The van der Waals surface area contributed by atoms with E-state index < -0.39 is 27.2 Å². The third kappa shape index (κ3) is 4.31. The lowest BCUT2D eigenvalue weighted by Crippen LogP contribution is -2.35. The molecule has 0 bridgehead atoms. The first-order valence-corrected chi connectivity index (χ1v) is 8.80. The maximum atomic E-state index is 12.6. The van der Waals surface area contributed by atoms with Gasteiger partial charge in [-0.3, -0.25) is 4.79 Å². The highest BCUT2D eigenvalue weighted by Crippen LogP contribution is 2.29. The SMILES string of the molecule is CS(=O)(=O)C(CCc1cc(C#CC2CC(F)C2)on1)C(N)=O. The quantitative estimate of drug-likeness (QED) is 0.798. The first kappa shape index (κ1) is 16.5. The molecule has 120 valence electrons. The molecule has 1 fully saturated rings. The highest BCUT2D eigenvalue weighted by Gasteiger charge is 2.27. The molecule has 0 saturated heterocycles. The van der Waals surface area contributed by atoms with Crippen molar-refractivity contribution < 1.29 is 22.1 Å². The molecule has 1 amide bonds. The number of aryl methyl sites for hydroxylation is 1. The van der Waals surface area contributed by atoms with Crippen LogP contribution in [0.4, 0.5) is 4.39 Å². The van der Waals surface area contributed by atoms with Crippen LogP contribution in [-0.4, -0.2) is 37.2 Å². The topological polar surface area (TPSA) is 103 Å². The lowest BCUT2D eigenvalue weighted by atomic mass is 9.84. The van der Waals surface area contributed by atoms with Crippen LogP contribution in [-0.2, 0) is 21.1 Å². The summed E-state index contributed by atoms with van der Waals surface area (Å²) in [5, 5.41) is 2.53. The van der Waals surface area contributed by atoms with E-state index >= 15 is 0 Å². The maximum absolute atomic E-state index is 12.6. The average molecular weight is 328 g/mol. The fourth-order valence-corrected chi connectivity index (χ4v) is 3.14. The number of carbonyl (C=O) groups excluding carboxylic acids is 1. The second-order valence-corrected chi connectivity index (χ2v) is 7.70. The smallest absolute Gasteiger partial charge is 0.235 e. The summed E-state index contributed by atoms with van der Waals surface area (Å²) < 4.78 is 40.5. The minimum Gasteiger partial charge on any atom is -0.369 e. The number of amides is 1. The number of carbonyl (C=O) groups is 1. The van der Waals surface area contributed by atoms with Crippen LogP contribution in [0.5, 0.6) is 0 Å². The zero-order valence-corrected chi connectivity index (χ0v) is 12.9. The van der Waals surface area contributed by atoms with Gasteiger partial charge in [0.05, 0.1) is 5.69 Å². The van der Waals surface area contributed by atoms with Gasteiger partial charge in [0.25, 0.3) is 0 Å². The van der Waals surface area contributed by atoms with Gasteiger partial charge in [-0.2, -0.15) is 0 Å². The number of hydrogen-bond donors (Lipinski definition) is 1. The van der Waals surface area contributed by atoms with E-state index in [1.54, 1.807) is 6.07 Å². The maximum Gasteiger partial charge on any atom is 0.235 e. The van der Waals surface area contributed by atoms with Crippen molar-refractivity contribution in [1.29, 1.82) is 0 Å². The Labute approximate surface area is 128 Å². The lowest BCUT2D eigenvalue weighted by Gasteiger charge is -2.24. The number of hydrogen-bond acceptors (Lipinski definition) is 5. The Balaban J connectivity index is 1.93. The van der Waals surface area contributed by atoms with Crippen LogP contribution in [0.3, 0.4) is 0 Å². The predicted octanol–water partition coefficient (Wildman–Crippen LogP) is 0.605. The van der Waals surface area contributed by atoms with E-state index in [1.165, 1.54) is 0 Å². The number of aromatic nitrogens is 1. The molecular formula is C14H17FN2O4S. The molecule has 6 nitrogen and oxygen atoms in total. The van der Waals surface area contributed by atoms with E-state index in [2.05, 4.69) is 17.0 Å². The zero-order chi connectivity index (χ0) is 16.3. The molecule has 0 radical (unpaired) electrons. The molecule has 1 atom stereocenters. The van der Waals surface area contributed by atoms with Crippen LogP contribution in [0.25, 0.3) is 0 Å². The molecule has 1 aromatic heterocycles. The molecule has 1 unspecified atom stereocenters. The number of sulfone groups is 1. The Bertz CT molecular complexity index is 711. The van der Waals surface area contributed by atoms with E-state index in [4.69, 9.17) is 10.3 Å². The van der Waals surface area contributed by atoms with Gasteiger partial charge >= 0.3 is 0 Å².